The number of carbonyl (C=O) groups excluding carboxylic acids is 1. The molecule has 2 aromatic carbocycles. The van der Waals surface area contributed by atoms with Crippen LogP contribution in [-0.4, -0.2) is 47.2 Å². The number of hydrogen-bond acceptors (Lipinski definition) is 9. The van der Waals surface area contributed by atoms with E-state index in [1.807, 2.05) is 0 Å². The van der Waals surface area contributed by atoms with Gasteiger partial charge in [0.05, 0.1) is 24.8 Å². The summed E-state index contributed by atoms with van der Waals surface area (Å²) in [6, 6.07) is 12.9. The van der Waals surface area contributed by atoms with Crippen molar-refractivity contribution in [1.82, 2.24) is 19.9 Å². The Bertz CT molecular complexity index is 1360. The van der Waals surface area contributed by atoms with Gasteiger partial charge < -0.3 is 30.2 Å². The zero-order valence-corrected chi connectivity index (χ0v) is 20.3. The fourth-order valence-corrected chi connectivity index (χ4v) is 3.35. The second-order valence-corrected chi connectivity index (χ2v) is 7.57. The molecule has 2 heterocycles. The van der Waals surface area contributed by atoms with Gasteiger partial charge in [-0.05, 0) is 30.3 Å². The average Bonchev–Trinajstić information content (AvgIpc) is 2.90. The Morgan fingerprint density at radius 1 is 0.917 bits per heavy atom. The molecule has 2 amide bonds. The summed E-state index contributed by atoms with van der Waals surface area (Å²) in [6.07, 6.45) is 2.98. The van der Waals surface area contributed by atoms with E-state index in [-0.39, 0.29) is 10.9 Å². The van der Waals surface area contributed by atoms with Crippen LogP contribution in [0, 0.1) is 0 Å². The maximum Gasteiger partial charge on any atom is 0.323 e. The van der Waals surface area contributed by atoms with Crippen molar-refractivity contribution in [2.75, 3.05) is 37.2 Å². The molecule has 0 fully saturated rings. The van der Waals surface area contributed by atoms with Crippen LogP contribution in [0.15, 0.2) is 61.1 Å². The average molecular weight is 508 g/mol. The summed E-state index contributed by atoms with van der Waals surface area (Å²) in [5.41, 5.74) is 1.51. The number of nitrogens with one attached hydrogen (secondary N) is 3. The number of hydrogen-bond donors (Lipinski definition) is 3. The lowest BCUT2D eigenvalue weighted by atomic mass is 10.2. The molecule has 36 heavy (non-hydrogen) atoms. The van der Waals surface area contributed by atoms with E-state index in [0.717, 1.165) is 0 Å². The van der Waals surface area contributed by atoms with Crippen molar-refractivity contribution in [1.29, 1.82) is 0 Å². The quantitative estimate of drug-likeness (QED) is 0.298. The van der Waals surface area contributed by atoms with E-state index >= 15 is 0 Å². The lowest BCUT2D eigenvalue weighted by Crippen LogP contribution is -2.19. The molecule has 0 bridgehead atoms. The Kier molecular flexibility index (Phi) is 7.61. The fraction of sp³-hybridized carbons (Fsp3) is 0.125. The SMILES string of the molecule is CNc1ncnc(-c2cccnc2Oc2ccc(NC(=O)Nc3cc(OC)cc(OC)c3)cc2Cl)n1. The van der Waals surface area contributed by atoms with E-state index in [9.17, 15) is 4.79 Å². The molecule has 0 atom stereocenters. The summed E-state index contributed by atoms with van der Waals surface area (Å²) >= 11 is 6.44. The van der Waals surface area contributed by atoms with Crippen molar-refractivity contribution in [3.63, 3.8) is 0 Å². The van der Waals surface area contributed by atoms with E-state index in [0.29, 0.717) is 46.0 Å². The largest absolute Gasteiger partial charge is 0.497 e. The highest BCUT2D eigenvalue weighted by Gasteiger charge is 2.15. The lowest BCUT2D eigenvalue weighted by molar-refractivity contribution is 0.262. The van der Waals surface area contributed by atoms with Gasteiger partial charge in [0, 0.05) is 42.8 Å². The molecule has 12 heteroatoms. The van der Waals surface area contributed by atoms with Crippen LogP contribution in [-0.2, 0) is 0 Å². The third kappa shape index (κ3) is 5.88. The monoisotopic (exact) mass is 507 g/mol. The number of amides is 2. The molecule has 184 valence electrons. The molecule has 0 saturated heterocycles. The van der Waals surface area contributed by atoms with E-state index < -0.39 is 6.03 Å². The van der Waals surface area contributed by atoms with Crippen molar-refractivity contribution < 1.29 is 19.0 Å². The number of rotatable bonds is 8. The highest BCUT2D eigenvalue weighted by Crippen LogP contribution is 2.35. The molecule has 4 rings (SSSR count). The lowest BCUT2D eigenvalue weighted by Gasteiger charge is -2.13. The number of aromatic nitrogens is 4. The molecule has 0 aliphatic rings. The third-order valence-electron chi connectivity index (χ3n) is 4.81. The third-order valence-corrected chi connectivity index (χ3v) is 5.11. The maximum atomic E-state index is 12.5. The minimum Gasteiger partial charge on any atom is -0.497 e. The first-order chi connectivity index (χ1) is 17.5. The second kappa shape index (κ2) is 11.2. The van der Waals surface area contributed by atoms with Gasteiger partial charge in [-0.1, -0.05) is 11.6 Å². The Morgan fingerprint density at radius 2 is 1.67 bits per heavy atom. The van der Waals surface area contributed by atoms with Crippen LogP contribution < -0.4 is 30.2 Å². The van der Waals surface area contributed by atoms with Crippen LogP contribution in [0.4, 0.5) is 22.1 Å². The number of urea groups is 1. The predicted molar refractivity (Wildman–Crippen MR) is 136 cm³/mol. The molecule has 4 aromatic rings. The summed E-state index contributed by atoms with van der Waals surface area (Å²) in [6.45, 7) is 0. The minimum atomic E-state index is -0.475. The van der Waals surface area contributed by atoms with Gasteiger partial charge in [0.2, 0.25) is 11.8 Å². The molecular formula is C24H22ClN7O4. The first-order valence-corrected chi connectivity index (χ1v) is 11.0. The summed E-state index contributed by atoms with van der Waals surface area (Å²) in [4.78, 5) is 29.4. The first kappa shape index (κ1) is 24.5. The van der Waals surface area contributed by atoms with Crippen molar-refractivity contribution >= 4 is 35.0 Å². The molecule has 2 aromatic heterocycles. The molecule has 0 saturated carbocycles. The van der Waals surface area contributed by atoms with Gasteiger partial charge in [-0.2, -0.15) is 4.98 Å². The highest BCUT2D eigenvalue weighted by atomic mass is 35.5. The number of halogens is 1. The number of methoxy groups -OCH3 is 2. The first-order valence-electron chi connectivity index (χ1n) is 10.6. The number of nitrogens with zero attached hydrogens (tertiary/aromatic N) is 4. The number of pyridine rings is 1. The topological polar surface area (TPSA) is 132 Å². The van der Waals surface area contributed by atoms with Gasteiger partial charge in [-0.3, -0.25) is 0 Å². The van der Waals surface area contributed by atoms with Crippen molar-refractivity contribution in [2.45, 2.75) is 0 Å². The standard InChI is InChI=1S/C24H22ClN7O4/c1-26-23-29-13-28-21(32-23)18-5-4-8-27-22(18)36-20-7-6-14(11-19(20)25)30-24(33)31-15-9-16(34-2)12-17(10-15)35-3/h4-13H,1-3H3,(H2,30,31,33)(H,26,28,29,32). The molecule has 0 spiro atoms. The van der Waals surface area contributed by atoms with E-state index in [1.165, 1.54) is 20.5 Å². The van der Waals surface area contributed by atoms with E-state index in [4.69, 9.17) is 25.8 Å². The Hall–Kier alpha value is -4.64. The molecule has 11 nitrogen and oxygen atoms in total. The van der Waals surface area contributed by atoms with Crippen LogP contribution >= 0.6 is 11.6 Å². The Balaban J connectivity index is 1.48. The van der Waals surface area contributed by atoms with Crippen LogP contribution in [0.2, 0.25) is 5.02 Å². The number of ether oxygens (including phenoxy) is 3. The highest BCUT2D eigenvalue weighted by molar-refractivity contribution is 6.32. The van der Waals surface area contributed by atoms with Crippen molar-refractivity contribution in [3.8, 4) is 34.5 Å². The van der Waals surface area contributed by atoms with Crippen LogP contribution in [0.25, 0.3) is 11.4 Å². The molecule has 0 aliphatic heterocycles. The molecule has 0 aliphatic carbocycles. The van der Waals surface area contributed by atoms with Crippen LogP contribution in [0.3, 0.4) is 0 Å². The predicted octanol–water partition coefficient (Wildman–Crippen LogP) is 5.08. The van der Waals surface area contributed by atoms with Crippen LogP contribution in [0.1, 0.15) is 0 Å². The van der Waals surface area contributed by atoms with Gasteiger partial charge in [-0.25, -0.2) is 19.7 Å². The van der Waals surface area contributed by atoms with E-state index in [2.05, 4.69) is 35.9 Å². The molecule has 3 N–H and O–H groups in total. The maximum absolute atomic E-state index is 12.5. The van der Waals surface area contributed by atoms with E-state index in [1.54, 1.807) is 61.8 Å². The van der Waals surface area contributed by atoms with Crippen molar-refractivity contribution in [3.05, 3.63) is 66.1 Å². The molecule has 0 radical (unpaired) electrons. The molecular weight excluding hydrogens is 486 g/mol. The Labute approximate surface area is 211 Å². The summed E-state index contributed by atoms with van der Waals surface area (Å²) < 4.78 is 16.4. The second-order valence-electron chi connectivity index (χ2n) is 7.17. The summed E-state index contributed by atoms with van der Waals surface area (Å²) in [7, 11) is 4.77. The molecule has 0 unspecified atom stereocenters. The number of benzene rings is 2. The smallest absolute Gasteiger partial charge is 0.323 e. The summed E-state index contributed by atoms with van der Waals surface area (Å²) in [5.74, 6) is 2.48. The zero-order valence-electron chi connectivity index (χ0n) is 19.6. The fourth-order valence-electron chi connectivity index (χ4n) is 3.13. The van der Waals surface area contributed by atoms with Gasteiger partial charge in [0.1, 0.15) is 23.6 Å². The van der Waals surface area contributed by atoms with Gasteiger partial charge in [-0.15, -0.1) is 0 Å². The zero-order chi connectivity index (χ0) is 25.5. The van der Waals surface area contributed by atoms with Gasteiger partial charge in [0.25, 0.3) is 0 Å². The normalized spacial score (nSPS) is 10.3. The van der Waals surface area contributed by atoms with Gasteiger partial charge >= 0.3 is 6.03 Å². The minimum absolute atomic E-state index is 0.262. The summed E-state index contributed by atoms with van der Waals surface area (Å²) in [5, 5.41) is 8.59. The number of carbonyl (C=O) groups is 1. The van der Waals surface area contributed by atoms with Gasteiger partial charge in [0.15, 0.2) is 5.82 Å². The Morgan fingerprint density at radius 3 is 2.36 bits per heavy atom. The number of anilines is 3. The van der Waals surface area contributed by atoms with Crippen LogP contribution in [0.5, 0.6) is 23.1 Å². The van der Waals surface area contributed by atoms with Crippen molar-refractivity contribution in [2.24, 2.45) is 0 Å².